The fourth-order valence-corrected chi connectivity index (χ4v) is 17.9. The van der Waals surface area contributed by atoms with Gasteiger partial charge in [0.05, 0.1) is 0 Å². The van der Waals surface area contributed by atoms with E-state index >= 15 is 4.57 Å². The van der Waals surface area contributed by atoms with E-state index in [0.29, 0.717) is 17.2 Å². The maximum Gasteiger partial charge on any atom is 0.647 e. The highest BCUT2D eigenvalue weighted by molar-refractivity contribution is 7.49. The lowest BCUT2D eigenvalue weighted by atomic mass is 9.66. The van der Waals surface area contributed by atoms with Crippen LogP contribution < -0.4 is 13.6 Å². The number of benzene rings is 9. The van der Waals surface area contributed by atoms with Crippen LogP contribution in [0.1, 0.15) is 319 Å². The number of aryl methyl sites for hydroxylation is 6. The van der Waals surface area contributed by atoms with E-state index in [4.69, 9.17) is 13.6 Å². The van der Waals surface area contributed by atoms with Gasteiger partial charge in [0.25, 0.3) is 0 Å². The van der Waals surface area contributed by atoms with Gasteiger partial charge in [-0.25, -0.2) is 0 Å². The van der Waals surface area contributed by atoms with E-state index in [1.807, 2.05) is 36.4 Å². The number of hydrogen-bond donors (Lipinski definition) is 0. The summed E-state index contributed by atoms with van der Waals surface area (Å²) in [7, 11) is -4.57. The van der Waals surface area contributed by atoms with Crippen LogP contribution in [0.3, 0.4) is 0 Å². The molecule has 0 aromatic heterocycles. The fraction of sp³-hybridized carbons (Fsp3) is 0.455. The first-order valence-electron chi connectivity index (χ1n) is 41.5. The van der Waals surface area contributed by atoms with Crippen LogP contribution in [0.5, 0.6) is 17.2 Å². The summed E-state index contributed by atoms with van der Waals surface area (Å²) in [6.07, 6.45) is 37.4. The molecule has 0 bridgehead atoms. The lowest BCUT2D eigenvalue weighted by Gasteiger charge is -2.37. The van der Waals surface area contributed by atoms with Gasteiger partial charge in [0.2, 0.25) is 0 Å². The molecule has 0 saturated heterocycles. The Morgan fingerprint density at radius 2 is 0.356 bits per heavy atom. The lowest BCUT2D eigenvalue weighted by Crippen LogP contribution is -2.30. The molecule has 0 amide bonds. The molecule has 0 heterocycles. The van der Waals surface area contributed by atoms with Crippen LogP contribution in [0.2, 0.25) is 0 Å². The minimum atomic E-state index is -4.57. The average molecular weight is 1410 g/mol. The Bertz CT molecular complexity index is 3330. The van der Waals surface area contributed by atoms with Crippen molar-refractivity contribution in [2.75, 3.05) is 0 Å². The van der Waals surface area contributed by atoms with Crippen LogP contribution in [-0.4, -0.2) is 0 Å². The third kappa shape index (κ3) is 21.4. The van der Waals surface area contributed by atoms with E-state index < -0.39 is 24.1 Å². The first kappa shape index (κ1) is 80.7. The number of phosphoric acid groups is 1. The van der Waals surface area contributed by atoms with Gasteiger partial charge in [-0.05, 0) is 178 Å². The van der Waals surface area contributed by atoms with Gasteiger partial charge in [-0.15, -0.1) is 0 Å². The number of rotatable bonds is 48. The molecule has 9 aromatic carbocycles. The van der Waals surface area contributed by atoms with Crippen molar-refractivity contribution in [3.63, 3.8) is 0 Å². The highest BCUT2D eigenvalue weighted by atomic mass is 31.2. The molecule has 104 heavy (non-hydrogen) atoms. The Hall–Kier alpha value is -7.39. The Balaban J connectivity index is 1.16. The molecule has 0 radical (unpaired) electrons. The van der Waals surface area contributed by atoms with Crippen molar-refractivity contribution in [1.29, 1.82) is 0 Å². The Morgan fingerprint density at radius 1 is 0.202 bits per heavy atom. The number of hydrogen-bond acceptors (Lipinski definition) is 4. The van der Waals surface area contributed by atoms with Crippen LogP contribution in [0, 0.1) is 0 Å². The third-order valence-electron chi connectivity index (χ3n) is 22.3. The molecular formula is C99H129O4P. The van der Waals surface area contributed by atoms with Crippen LogP contribution in [-0.2, 0) is 59.3 Å². The highest BCUT2D eigenvalue weighted by Gasteiger charge is 2.41. The van der Waals surface area contributed by atoms with Crippen molar-refractivity contribution in [1.82, 2.24) is 0 Å². The van der Waals surface area contributed by atoms with Gasteiger partial charge in [0.1, 0.15) is 17.2 Å². The average Bonchev–Trinajstić information content (AvgIpc) is 0.765. The van der Waals surface area contributed by atoms with Crippen molar-refractivity contribution in [3.8, 4) is 17.2 Å². The molecule has 4 nitrogen and oxygen atoms in total. The summed E-state index contributed by atoms with van der Waals surface area (Å²) in [5, 5.41) is 0. The molecule has 0 aliphatic heterocycles. The zero-order valence-electron chi connectivity index (χ0n) is 65.7. The van der Waals surface area contributed by atoms with E-state index in [2.05, 4.69) is 244 Å². The second kappa shape index (κ2) is 42.1. The predicted molar refractivity (Wildman–Crippen MR) is 445 cm³/mol. The molecule has 0 saturated carbocycles. The highest BCUT2D eigenvalue weighted by Crippen LogP contribution is 2.53. The maximum absolute atomic E-state index is 16.5. The van der Waals surface area contributed by atoms with Gasteiger partial charge in [0, 0.05) is 16.2 Å². The van der Waals surface area contributed by atoms with E-state index in [0.717, 1.165) is 116 Å². The molecule has 9 aromatic rings. The Kier molecular flexibility index (Phi) is 32.7. The zero-order valence-corrected chi connectivity index (χ0v) is 66.6. The summed E-state index contributed by atoms with van der Waals surface area (Å²) in [6.45, 7) is 20.4. The smallest absolute Gasteiger partial charge is 0.386 e. The van der Waals surface area contributed by atoms with Gasteiger partial charge < -0.3 is 13.6 Å². The van der Waals surface area contributed by atoms with Crippen molar-refractivity contribution in [2.45, 2.75) is 290 Å². The summed E-state index contributed by atoms with van der Waals surface area (Å²) in [5.41, 5.74) is 17.9. The fourth-order valence-electron chi connectivity index (χ4n) is 16.6. The lowest BCUT2D eigenvalue weighted by molar-refractivity contribution is 0.298. The number of phosphoric ester groups is 1. The maximum atomic E-state index is 16.5. The summed E-state index contributed by atoms with van der Waals surface area (Å²) < 4.78 is 37.2. The Labute approximate surface area is 631 Å². The molecule has 0 spiro atoms. The first-order valence-corrected chi connectivity index (χ1v) is 43.0. The normalized spacial score (nSPS) is 12.0. The summed E-state index contributed by atoms with van der Waals surface area (Å²) in [4.78, 5) is 0. The molecule has 0 N–H and O–H groups in total. The van der Waals surface area contributed by atoms with Gasteiger partial charge >= 0.3 is 7.82 Å². The second-order valence-electron chi connectivity index (χ2n) is 30.2. The molecule has 0 fully saturated rings. The second-order valence-corrected chi connectivity index (χ2v) is 31.7. The minimum absolute atomic E-state index is 0.405. The summed E-state index contributed by atoms with van der Waals surface area (Å²) in [6, 6.07) is 82.0. The first-order chi connectivity index (χ1) is 51.0. The Morgan fingerprint density at radius 3 is 0.519 bits per heavy atom. The van der Waals surface area contributed by atoms with Crippen molar-refractivity contribution < 1.29 is 18.1 Å². The molecule has 0 atom stereocenters. The monoisotopic (exact) mass is 1410 g/mol. The molecule has 9 rings (SSSR count). The van der Waals surface area contributed by atoms with E-state index in [-0.39, 0.29) is 0 Å². The molecule has 0 aliphatic rings. The molecule has 0 unspecified atom stereocenters. The largest absolute Gasteiger partial charge is 0.647 e. The van der Waals surface area contributed by atoms with Crippen molar-refractivity contribution >= 4 is 7.82 Å². The van der Waals surface area contributed by atoms with Gasteiger partial charge in [0.15, 0.2) is 0 Å². The summed E-state index contributed by atoms with van der Waals surface area (Å²) in [5.74, 6) is 1.21. The summed E-state index contributed by atoms with van der Waals surface area (Å²) >= 11 is 0. The van der Waals surface area contributed by atoms with Crippen LogP contribution >= 0.6 is 7.82 Å². The molecular weight excluding hydrogens is 1280 g/mol. The van der Waals surface area contributed by atoms with E-state index in [1.165, 1.54) is 180 Å². The molecule has 0 aliphatic carbocycles. The molecule has 5 heteroatoms. The number of unbranched alkanes of at least 4 members (excludes halogenated alkanes) is 15. The quantitative estimate of drug-likeness (QED) is 0.0217. The molecule has 554 valence electrons. The van der Waals surface area contributed by atoms with Crippen LogP contribution in [0.4, 0.5) is 0 Å². The zero-order chi connectivity index (χ0) is 73.3. The van der Waals surface area contributed by atoms with Crippen LogP contribution in [0.15, 0.2) is 218 Å². The van der Waals surface area contributed by atoms with Gasteiger partial charge in [-0.3, -0.25) is 0 Å². The van der Waals surface area contributed by atoms with Gasteiger partial charge in [-0.1, -0.05) is 398 Å². The topological polar surface area (TPSA) is 44.8 Å². The SMILES string of the molecule is CCCCCCCCC(c1ccc(CCC)cc1)(c1ccc(CCC)cc1)c1ccc(OP(=O)(Oc2ccc(C(CCCCCCCC)(c3ccc(CCC)cc3)c3ccc(CCC)cc3)cc2)Oc2ccc(C(CCCCCCCC)(c3ccc(CCC)cc3)c3ccc(CCC)cc3)cc2)cc1. The third-order valence-corrected chi connectivity index (χ3v) is 23.6. The van der Waals surface area contributed by atoms with Crippen molar-refractivity contribution in [3.05, 3.63) is 302 Å². The predicted octanol–water partition coefficient (Wildman–Crippen LogP) is 29.3. The van der Waals surface area contributed by atoms with Crippen molar-refractivity contribution in [2.24, 2.45) is 0 Å². The standard InChI is InChI=1S/C99H129O4P/c1-10-19-22-25-28-31-76-97(85-52-40-79(34-13-4)41-53-85,86-54-42-80(35-14-5)43-55-86)91-64-70-94(71-65-91)101-104(100,102-95-72-66-92(67-73-95)98(77-32-29-26-23-20-11-2,87-56-44-81(36-15-6)45-57-87)88-58-46-82(37-16-7)47-59-88)103-96-74-68-93(69-75-96)99(78-33-30-27-24-21-12-3,89-60-48-83(38-17-8)49-61-89)90-62-50-84(39-18-9)51-63-90/h40-75H,10-39,76-78H2,1-9H3. The van der Waals surface area contributed by atoms with Gasteiger partial charge in [-0.2, -0.15) is 4.57 Å². The van der Waals surface area contributed by atoms with E-state index in [1.54, 1.807) is 0 Å². The van der Waals surface area contributed by atoms with Crippen LogP contribution in [0.25, 0.3) is 0 Å². The minimum Gasteiger partial charge on any atom is -0.386 e. The van der Waals surface area contributed by atoms with E-state index in [9.17, 15) is 0 Å².